The van der Waals surface area contributed by atoms with Crippen molar-refractivity contribution in [2.75, 3.05) is 5.75 Å². The van der Waals surface area contributed by atoms with E-state index in [2.05, 4.69) is 15.5 Å². The van der Waals surface area contributed by atoms with Gasteiger partial charge in [0.1, 0.15) is 5.75 Å². The van der Waals surface area contributed by atoms with Gasteiger partial charge in [0.25, 0.3) is 5.91 Å². The van der Waals surface area contributed by atoms with Crippen LogP contribution in [0.2, 0.25) is 0 Å². The molecule has 0 unspecified atom stereocenters. The number of nitrogens with zero attached hydrogens (tertiary/aromatic N) is 3. The summed E-state index contributed by atoms with van der Waals surface area (Å²) in [5.41, 5.74) is 5.99. The second-order valence-electron chi connectivity index (χ2n) is 5.51. The molecule has 7 heteroatoms. The number of rotatable bonds is 5. The second kappa shape index (κ2) is 7.40. The van der Waals surface area contributed by atoms with Crippen LogP contribution in [-0.2, 0) is 11.8 Å². The quantitative estimate of drug-likeness (QED) is 0.419. The number of nitrogens with one attached hydrogen (secondary N) is 1. The van der Waals surface area contributed by atoms with Crippen LogP contribution in [0.25, 0.3) is 11.0 Å². The van der Waals surface area contributed by atoms with E-state index in [-0.39, 0.29) is 17.4 Å². The van der Waals surface area contributed by atoms with Gasteiger partial charge in [0, 0.05) is 7.05 Å². The van der Waals surface area contributed by atoms with Crippen LogP contribution >= 0.6 is 11.8 Å². The number of aromatic hydroxyl groups is 1. The van der Waals surface area contributed by atoms with Gasteiger partial charge in [-0.2, -0.15) is 5.10 Å². The van der Waals surface area contributed by atoms with Gasteiger partial charge in [0.2, 0.25) is 0 Å². The highest BCUT2D eigenvalue weighted by Crippen LogP contribution is 2.22. The van der Waals surface area contributed by atoms with Crippen molar-refractivity contribution >= 4 is 34.4 Å². The topological polar surface area (TPSA) is 79.5 Å². The maximum atomic E-state index is 12.0. The predicted octanol–water partition coefficient (Wildman–Crippen LogP) is 2.91. The molecule has 1 heterocycles. The maximum absolute atomic E-state index is 12.0. The van der Waals surface area contributed by atoms with E-state index in [1.54, 1.807) is 31.2 Å². The Morgan fingerprint density at radius 2 is 1.96 bits per heavy atom. The first-order valence-electron chi connectivity index (χ1n) is 7.71. The standard InChI is InChI=1S/C18H18N4O2S/c1-12(13-7-9-14(23)10-8-13)20-21-17(24)11-25-18-19-15-5-3-4-6-16(15)22(18)2/h3-10,23H,11H2,1-2H3,(H,21,24)/b20-12+. The van der Waals surface area contributed by atoms with Crippen molar-refractivity contribution in [2.24, 2.45) is 12.1 Å². The third-order valence-corrected chi connectivity index (χ3v) is 4.74. The Morgan fingerprint density at radius 3 is 2.68 bits per heavy atom. The summed E-state index contributed by atoms with van der Waals surface area (Å²) in [6.07, 6.45) is 0. The van der Waals surface area contributed by atoms with Gasteiger partial charge in [0.15, 0.2) is 5.16 Å². The molecule has 6 nitrogen and oxygen atoms in total. The molecule has 0 saturated carbocycles. The van der Waals surface area contributed by atoms with Crippen molar-refractivity contribution in [3.63, 3.8) is 0 Å². The monoisotopic (exact) mass is 354 g/mol. The number of benzene rings is 2. The van der Waals surface area contributed by atoms with E-state index in [1.807, 2.05) is 35.9 Å². The van der Waals surface area contributed by atoms with Crippen LogP contribution in [-0.4, -0.2) is 32.0 Å². The van der Waals surface area contributed by atoms with E-state index in [0.29, 0.717) is 5.71 Å². The summed E-state index contributed by atoms with van der Waals surface area (Å²) in [6.45, 7) is 1.80. The zero-order valence-electron chi connectivity index (χ0n) is 13.9. The second-order valence-corrected chi connectivity index (χ2v) is 6.45. The molecule has 2 aromatic carbocycles. The molecular weight excluding hydrogens is 336 g/mol. The molecule has 0 fully saturated rings. The van der Waals surface area contributed by atoms with Crippen molar-refractivity contribution < 1.29 is 9.90 Å². The van der Waals surface area contributed by atoms with Crippen LogP contribution in [0.3, 0.4) is 0 Å². The number of carbonyl (C=O) groups is 1. The van der Waals surface area contributed by atoms with Gasteiger partial charge in [-0.15, -0.1) is 0 Å². The predicted molar refractivity (Wildman–Crippen MR) is 99.9 cm³/mol. The van der Waals surface area contributed by atoms with Crippen molar-refractivity contribution in [3.05, 3.63) is 54.1 Å². The number of hydrogen-bond donors (Lipinski definition) is 2. The molecule has 0 aliphatic heterocycles. The van der Waals surface area contributed by atoms with E-state index >= 15 is 0 Å². The summed E-state index contributed by atoms with van der Waals surface area (Å²) in [6, 6.07) is 14.5. The first-order chi connectivity index (χ1) is 12.0. The number of aromatic nitrogens is 2. The first kappa shape index (κ1) is 17.0. The van der Waals surface area contributed by atoms with Gasteiger partial charge >= 0.3 is 0 Å². The zero-order chi connectivity index (χ0) is 17.8. The third kappa shape index (κ3) is 4.00. The number of para-hydroxylation sites is 2. The van der Waals surface area contributed by atoms with Crippen LogP contribution in [0.1, 0.15) is 12.5 Å². The molecule has 0 radical (unpaired) electrons. The Morgan fingerprint density at radius 1 is 1.24 bits per heavy atom. The Bertz CT molecular complexity index is 932. The number of phenols is 1. The van der Waals surface area contributed by atoms with Crippen LogP contribution in [0.15, 0.2) is 58.8 Å². The van der Waals surface area contributed by atoms with Gasteiger partial charge in [-0.1, -0.05) is 23.9 Å². The van der Waals surface area contributed by atoms with Crippen LogP contribution in [0.4, 0.5) is 0 Å². The number of phenolic OH excluding ortho intramolecular Hbond substituents is 1. The van der Waals surface area contributed by atoms with E-state index in [1.165, 1.54) is 11.8 Å². The van der Waals surface area contributed by atoms with Gasteiger partial charge in [-0.05, 0) is 48.9 Å². The molecule has 0 aliphatic rings. The molecule has 0 bridgehead atoms. The number of hydrazone groups is 1. The number of fused-ring (bicyclic) bond motifs is 1. The number of imidazole rings is 1. The summed E-state index contributed by atoms with van der Waals surface area (Å²) in [5, 5.41) is 14.2. The Labute approximate surface area is 149 Å². The number of amides is 1. The van der Waals surface area contributed by atoms with E-state index in [0.717, 1.165) is 21.8 Å². The number of hydrogen-bond acceptors (Lipinski definition) is 5. The fraction of sp³-hybridized carbons (Fsp3) is 0.167. The molecule has 1 amide bonds. The molecule has 0 spiro atoms. The molecule has 0 saturated heterocycles. The Kier molecular flexibility index (Phi) is 5.04. The van der Waals surface area contributed by atoms with Gasteiger partial charge in [0.05, 0.1) is 22.5 Å². The summed E-state index contributed by atoms with van der Waals surface area (Å²) in [7, 11) is 1.93. The van der Waals surface area contributed by atoms with Crippen LogP contribution < -0.4 is 5.43 Å². The fourth-order valence-electron chi connectivity index (χ4n) is 2.33. The molecule has 2 N–H and O–H groups in total. The van der Waals surface area contributed by atoms with Gasteiger partial charge in [-0.3, -0.25) is 4.79 Å². The lowest BCUT2D eigenvalue weighted by Crippen LogP contribution is -2.21. The first-order valence-corrected chi connectivity index (χ1v) is 8.70. The molecule has 0 atom stereocenters. The summed E-state index contributed by atoms with van der Waals surface area (Å²) < 4.78 is 1.97. The summed E-state index contributed by atoms with van der Waals surface area (Å²) in [4.78, 5) is 16.5. The lowest BCUT2D eigenvalue weighted by molar-refractivity contribution is -0.118. The normalized spacial score (nSPS) is 11.7. The lowest BCUT2D eigenvalue weighted by atomic mass is 10.1. The van der Waals surface area contributed by atoms with Gasteiger partial charge in [-0.25, -0.2) is 10.4 Å². The van der Waals surface area contributed by atoms with Crippen LogP contribution in [0, 0.1) is 0 Å². The minimum atomic E-state index is -0.199. The van der Waals surface area contributed by atoms with Crippen molar-refractivity contribution in [1.29, 1.82) is 0 Å². The van der Waals surface area contributed by atoms with E-state index < -0.39 is 0 Å². The molecule has 0 aliphatic carbocycles. The van der Waals surface area contributed by atoms with E-state index in [9.17, 15) is 9.90 Å². The third-order valence-electron chi connectivity index (χ3n) is 3.71. The smallest absolute Gasteiger partial charge is 0.250 e. The molecular formula is C18H18N4O2S. The number of aryl methyl sites for hydroxylation is 1. The van der Waals surface area contributed by atoms with Crippen molar-refractivity contribution in [1.82, 2.24) is 15.0 Å². The van der Waals surface area contributed by atoms with Crippen LogP contribution in [0.5, 0.6) is 5.75 Å². The minimum Gasteiger partial charge on any atom is -0.508 e. The number of thioether (sulfide) groups is 1. The van der Waals surface area contributed by atoms with Crippen molar-refractivity contribution in [2.45, 2.75) is 12.1 Å². The Hall–Kier alpha value is -2.80. The lowest BCUT2D eigenvalue weighted by Gasteiger charge is -2.04. The highest BCUT2D eigenvalue weighted by Gasteiger charge is 2.10. The summed E-state index contributed by atoms with van der Waals surface area (Å²) >= 11 is 1.37. The molecule has 3 rings (SSSR count). The largest absolute Gasteiger partial charge is 0.508 e. The average Bonchev–Trinajstić information content (AvgIpc) is 2.95. The van der Waals surface area contributed by atoms with E-state index in [4.69, 9.17) is 0 Å². The minimum absolute atomic E-state index is 0.194. The fourth-order valence-corrected chi connectivity index (χ4v) is 3.11. The maximum Gasteiger partial charge on any atom is 0.250 e. The number of carbonyl (C=O) groups excluding carboxylic acids is 1. The Balaban J connectivity index is 1.59. The SMILES string of the molecule is C/C(=N\NC(=O)CSc1nc2ccccc2n1C)c1ccc(O)cc1. The zero-order valence-corrected chi connectivity index (χ0v) is 14.7. The van der Waals surface area contributed by atoms with Gasteiger partial charge < -0.3 is 9.67 Å². The van der Waals surface area contributed by atoms with Crippen molar-refractivity contribution in [3.8, 4) is 5.75 Å². The molecule has 3 aromatic rings. The molecule has 1 aromatic heterocycles. The highest BCUT2D eigenvalue weighted by atomic mass is 32.2. The molecule has 25 heavy (non-hydrogen) atoms. The average molecular weight is 354 g/mol. The summed E-state index contributed by atoms with van der Waals surface area (Å²) in [5.74, 6) is 0.221. The highest BCUT2D eigenvalue weighted by molar-refractivity contribution is 7.99. The molecule has 128 valence electrons.